The van der Waals surface area contributed by atoms with Crippen LogP contribution in [0.3, 0.4) is 0 Å². The zero-order valence-corrected chi connectivity index (χ0v) is 15.0. The summed E-state index contributed by atoms with van der Waals surface area (Å²) in [5.74, 6) is -0.198. The lowest BCUT2D eigenvalue weighted by atomic mass is 10.2. The Kier molecular flexibility index (Phi) is 4.69. The highest BCUT2D eigenvalue weighted by Crippen LogP contribution is 2.07. The summed E-state index contributed by atoms with van der Waals surface area (Å²) in [7, 11) is 0. The van der Waals surface area contributed by atoms with Crippen molar-refractivity contribution in [3.8, 4) is 0 Å². The van der Waals surface area contributed by atoms with Crippen molar-refractivity contribution in [3.05, 3.63) is 52.9 Å². The van der Waals surface area contributed by atoms with Crippen LogP contribution in [0.5, 0.6) is 0 Å². The van der Waals surface area contributed by atoms with E-state index >= 15 is 0 Å². The van der Waals surface area contributed by atoms with Gasteiger partial charge in [0.2, 0.25) is 0 Å². The Bertz CT molecular complexity index is 887. The van der Waals surface area contributed by atoms with Gasteiger partial charge in [-0.15, -0.1) is 0 Å². The van der Waals surface area contributed by atoms with Crippen LogP contribution in [0.1, 0.15) is 40.1 Å². The van der Waals surface area contributed by atoms with E-state index in [2.05, 4.69) is 20.6 Å². The summed E-state index contributed by atoms with van der Waals surface area (Å²) in [4.78, 5) is 12.3. The zero-order valence-electron chi connectivity index (χ0n) is 15.0. The first kappa shape index (κ1) is 16.9. The maximum absolute atomic E-state index is 12.3. The Labute approximate surface area is 146 Å². The molecule has 0 bridgehead atoms. The first-order valence-corrected chi connectivity index (χ1v) is 8.32. The minimum absolute atomic E-state index is 0.198. The Morgan fingerprint density at radius 2 is 2.00 bits per heavy atom. The summed E-state index contributed by atoms with van der Waals surface area (Å²) in [6, 6.07) is 3.72. The predicted molar refractivity (Wildman–Crippen MR) is 93.1 cm³/mol. The number of nitrogens with zero attached hydrogens (tertiary/aromatic N) is 6. The van der Waals surface area contributed by atoms with Gasteiger partial charge >= 0.3 is 0 Å². The number of nitrogens with one attached hydrogen (secondary N) is 1. The lowest BCUT2D eigenvalue weighted by molar-refractivity contribution is 0.0945. The monoisotopic (exact) mass is 341 g/mol. The maximum Gasteiger partial charge on any atom is 0.272 e. The molecule has 0 atom stereocenters. The third-order valence-corrected chi connectivity index (χ3v) is 4.20. The van der Waals surface area contributed by atoms with E-state index in [0.29, 0.717) is 18.9 Å². The van der Waals surface area contributed by atoms with E-state index in [1.807, 2.05) is 43.1 Å². The van der Waals surface area contributed by atoms with E-state index in [4.69, 9.17) is 0 Å². The van der Waals surface area contributed by atoms with Crippen LogP contribution >= 0.6 is 0 Å². The molecule has 0 aliphatic heterocycles. The fraction of sp³-hybridized carbons (Fsp3) is 0.412. The van der Waals surface area contributed by atoms with Crippen molar-refractivity contribution >= 4 is 5.91 Å². The normalized spacial score (nSPS) is 11.0. The first-order valence-electron chi connectivity index (χ1n) is 8.32. The first-order chi connectivity index (χ1) is 12.0. The van der Waals surface area contributed by atoms with Crippen molar-refractivity contribution in [1.82, 2.24) is 34.7 Å². The second kappa shape index (κ2) is 6.92. The molecule has 8 heteroatoms. The van der Waals surface area contributed by atoms with Gasteiger partial charge in [-0.3, -0.25) is 14.2 Å². The number of hydrogen-bond acceptors (Lipinski definition) is 4. The maximum atomic E-state index is 12.3. The average Bonchev–Trinajstić information content (AvgIpc) is 3.26. The van der Waals surface area contributed by atoms with Gasteiger partial charge < -0.3 is 5.32 Å². The molecule has 3 aromatic rings. The summed E-state index contributed by atoms with van der Waals surface area (Å²) in [6.45, 7) is 9.73. The molecule has 0 unspecified atom stereocenters. The third kappa shape index (κ3) is 3.62. The Morgan fingerprint density at radius 1 is 1.20 bits per heavy atom. The average molecular weight is 341 g/mol. The van der Waals surface area contributed by atoms with Gasteiger partial charge in [0.05, 0.1) is 11.9 Å². The van der Waals surface area contributed by atoms with E-state index in [1.165, 1.54) is 0 Å². The van der Waals surface area contributed by atoms with Gasteiger partial charge in [0.15, 0.2) is 0 Å². The van der Waals surface area contributed by atoms with E-state index in [-0.39, 0.29) is 5.91 Å². The molecule has 0 fully saturated rings. The van der Waals surface area contributed by atoms with Crippen molar-refractivity contribution in [3.63, 3.8) is 0 Å². The Hall–Kier alpha value is -2.90. The molecule has 3 rings (SSSR count). The van der Waals surface area contributed by atoms with Crippen molar-refractivity contribution in [2.75, 3.05) is 0 Å². The molecule has 1 amide bonds. The molecule has 0 aliphatic rings. The summed E-state index contributed by atoms with van der Waals surface area (Å²) in [6.07, 6.45) is 3.58. The summed E-state index contributed by atoms with van der Waals surface area (Å²) < 4.78 is 5.46. The van der Waals surface area contributed by atoms with Gasteiger partial charge in [-0.1, -0.05) is 0 Å². The number of rotatable bonds is 6. The second-order valence-electron chi connectivity index (χ2n) is 6.06. The SMILES string of the molecule is CCn1ncc(CNC(=O)c2ccn(Cn3nc(C)cc3C)n2)c1C. The summed E-state index contributed by atoms with van der Waals surface area (Å²) in [5.41, 5.74) is 4.49. The van der Waals surface area contributed by atoms with Crippen LogP contribution in [0.4, 0.5) is 0 Å². The van der Waals surface area contributed by atoms with Crippen molar-refractivity contribution in [2.45, 2.75) is 47.5 Å². The van der Waals surface area contributed by atoms with Gasteiger partial charge in [-0.25, -0.2) is 4.68 Å². The predicted octanol–water partition coefficient (Wildman–Crippen LogP) is 1.66. The molecule has 3 heterocycles. The number of amides is 1. The van der Waals surface area contributed by atoms with Gasteiger partial charge in [-0.2, -0.15) is 15.3 Å². The summed E-state index contributed by atoms with van der Waals surface area (Å²) in [5, 5.41) is 15.9. The van der Waals surface area contributed by atoms with Crippen molar-refractivity contribution < 1.29 is 4.79 Å². The van der Waals surface area contributed by atoms with Crippen LogP contribution < -0.4 is 5.32 Å². The van der Waals surface area contributed by atoms with Crippen molar-refractivity contribution in [1.29, 1.82) is 0 Å². The van der Waals surface area contributed by atoms with Gasteiger partial charge in [0, 0.05) is 36.2 Å². The quantitative estimate of drug-likeness (QED) is 0.739. The van der Waals surface area contributed by atoms with Crippen molar-refractivity contribution in [2.24, 2.45) is 0 Å². The van der Waals surface area contributed by atoms with Crippen LogP contribution in [0.25, 0.3) is 0 Å². The van der Waals surface area contributed by atoms with Gasteiger partial charge in [0.1, 0.15) is 12.4 Å². The highest BCUT2D eigenvalue weighted by Gasteiger charge is 2.12. The number of aryl methyl sites for hydroxylation is 3. The Morgan fingerprint density at radius 3 is 2.64 bits per heavy atom. The topological polar surface area (TPSA) is 82.6 Å². The third-order valence-electron chi connectivity index (χ3n) is 4.20. The van der Waals surface area contributed by atoms with E-state index in [9.17, 15) is 4.79 Å². The molecule has 0 aliphatic carbocycles. The van der Waals surface area contributed by atoms with Crippen LogP contribution in [0.15, 0.2) is 24.5 Å². The standard InChI is InChI=1S/C17H23N7O/c1-5-23-14(4)15(10-19-23)9-18-17(25)16-6-7-22(21-16)11-24-13(3)8-12(2)20-24/h6-8,10H,5,9,11H2,1-4H3,(H,18,25). The lowest BCUT2D eigenvalue weighted by Gasteiger charge is -2.05. The minimum atomic E-state index is -0.198. The molecule has 0 spiro atoms. The van der Waals surface area contributed by atoms with Crippen LogP contribution in [-0.4, -0.2) is 35.2 Å². The van der Waals surface area contributed by atoms with Crippen LogP contribution in [0, 0.1) is 20.8 Å². The molecule has 8 nitrogen and oxygen atoms in total. The smallest absolute Gasteiger partial charge is 0.272 e. The fourth-order valence-electron chi connectivity index (χ4n) is 2.76. The molecule has 25 heavy (non-hydrogen) atoms. The van der Waals surface area contributed by atoms with Crippen LogP contribution in [-0.2, 0) is 19.8 Å². The highest BCUT2D eigenvalue weighted by atomic mass is 16.1. The highest BCUT2D eigenvalue weighted by molar-refractivity contribution is 5.92. The molecule has 0 radical (unpaired) electrons. The van der Waals surface area contributed by atoms with Gasteiger partial charge in [-0.05, 0) is 39.8 Å². The molecule has 0 saturated carbocycles. The zero-order chi connectivity index (χ0) is 18.0. The molecular formula is C17H23N7O. The molecule has 0 saturated heterocycles. The number of aromatic nitrogens is 6. The Balaban J connectivity index is 1.62. The summed E-state index contributed by atoms with van der Waals surface area (Å²) >= 11 is 0. The molecule has 0 aromatic carbocycles. The van der Waals surface area contributed by atoms with E-state index < -0.39 is 0 Å². The molecular weight excluding hydrogens is 318 g/mol. The number of carbonyl (C=O) groups is 1. The second-order valence-corrected chi connectivity index (χ2v) is 6.06. The largest absolute Gasteiger partial charge is 0.346 e. The molecule has 1 N–H and O–H groups in total. The number of hydrogen-bond donors (Lipinski definition) is 1. The molecule has 132 valence electrons. The van der Waals surface area contributed by atoms with Crippen LogP contribution in [0.2, 0.25) is 0 Å². The fourth-order valence-corrected chi connectivity index (χ4v) is 2.76. The van der Waals surface area contributed by atoms with E-state index in [1.54, 1.807) is 23.1 Å². The van der Waals surface area contributed by atoms with Gasteiger partial charge in [0.25, 0.3) is 5.91 Å². The lowest BCUT2D eigenvalue weighted by Crippen LogP contribution is -2.24. The van der Waals surface area contributed by atoms with E-state index in [0.717, 1.165) is 29.2 Å². The molecule has 3 aromatic heterocycles. The minimum Gasteiger partial charge on any atom is -0.346 e. The number of carbonyl (C=O) groups excluding carboxylic acids is 1.